The van der Waals surface area contributed by atoms with Crippen LogP contribution in [0.4, 0.5) is 11.5 Å². The van der Waals surface area contributed by atoms with Crippen LogP contribution in [0.25, 0.3) is 0 Å². The molecule has 0 saturated heterocycles. The summed E-state index contributed by atoms with van der Waals surface area (Å²) in [6, 6.07) is 2.83. The van der Waals surface area contributed by atoms with Gasteiger partial charge in [0.15, 0.2) is 0 Å². The minimum Gasteiger partial charge on any atom is -0.444 e. The third-order valence-electron chi connectivity index (χ3n) is 2.63. The molecule has 0 fully saturated rings. The van der Waals surface area contributed by atoms with E-state index in [9.17, 15) is 10.1 Å². The molecule has 0 saturated carbocycles. The first kappa shape index (κ1) is 13.0. The maximum absolute atomic E-state index is 10.7. The van der Waals surface area contributed by atoms with E-state index >= 15 is 0 Å². The molecule has 2 rings (SSSR count). The standard InChI is InChI=1S/C12H14N4O3/c1-7-6-13-12(19-7)9(3)15-11-5-4-10(16(17)18)8(2)14-11/h4-6,9H,1-3H3,(H,14,15). The average molecular weight is 262 g/mol. The van der Waals surface area contributed by atoms with Crippen molar-refractivity contribution >= 4 is 11.5 Å². The molecule has 0 radical (unpaired) electrons. The van der Waals surface area contributed by atoms with Gasteiger partial charge in [-0.25, -0.2) is 9.97 Å². The van der Waals surface area contributed by atoms with Crippen LogP contribution in [0.2, 0.25) is 0 Å². The molecule has 7 nitrogen and oxygen atoms in total. The number of oxazole rings is 1. The van der Waals surface area contributed by atoms with Gasteiger partial charge in [-0.1, -0.05) is 0 Å². The van der Waals surface area contributed by atoms with E-state index in [2.05, 4.69) is 15.3 Å². The molecule has 1 atom stereocenters. The lowest BCUT2D eigenvalue weighted by molar-refractivity contribution is -0.385. The minimum absolute atomic E-state index is 0.00479. The number of anilines is 1. The van der Waals surface area contributed by atoms with E-state index < -0.39 is 4.92 Å². The summed E-state index contributed by atoms with van der Waals surface area (Å²) >= 11 is 0. The topological polar surface area (TPSA) is 94.1 Å². The summed E-state index contributed by atoms with van der Waals surface area (Å²) in [4.78, 5) is 18.5. The molecule has 2 aromatic rings. The van der Waals surface area contributed by atoms with E-state index in [1.807, 2.05) is 13.8 Å². The van der Waals surface area contributed by atoms with Crippen LogP contribution < -0.4 is 5.32 Å². The van der Waals surface area contributed by atoms with Gasteiger partial charge in [-0.3, -0.25) is 10.1 Å². The molecule has 0 bridgehead atoms. The summed E-state index contributed by atoms with van der Waals surface area (Å²) in [6.07, 6.45) is 1.64. The zero-order valence-corrected chi connectivity index (χ0v) is 10.9. The van der Waals surface area contributed by atoms with Crippen LogP contribution in [-0.2, 0) is 0 Å². The zero-order valence-electron chi connectivity index (χ0n) is 10.9. The van der Waals surface area contributed by atoms with Crippen LogP contribution in [0, 0.1) is 24.0 Å². The van der Waals surface area contributed by atoms with Crippen molar-refractivity contribution in [1.29, 1.82) is 0 Å². The maximum atomic E-state index is 10.7. The van der Waals surface area contributed by atoms with Crippen LogP contribution in [0.15, 0.2) is 22.7 Å². The van der Waals surface area contributed by atoms with Crippen LogP contribution in [0.5, 0.6) is 0 Å². The van der Waals surface area contributed by atoms with Crippen molar-refractivity contribution in [3.8, 4) is 0 Å². The van der Waals surface area contributed by atoms with E-state index in [0.29, 0.717) is 17.4 Å². The van der Waals surface area contributed by atoms with E-state index in [0.717, 1.165) is 5.76 Å². The highest BCUT2D eigenvalue weighted by Crippen LogP contribution is 2.21. The second-order valence-electron chi connectivity index (χ2n) is 4.23. The number of aromatic nitrogens is 2. The highest BCUT2D eigenvalue weighted by molar-refractivity contribution is 5.45. The van der Waals surface area contributed by atoms with Crippen molar-refractivity contribution in [3.05, 3.63) is 45.8 Å². The molecule has 1 unspecified atom stereocenters. The molecule has 100 valence electrons. The average Bonchev–Trinajstić information content (AvgIpc) is 2.75. The predicted octanol–water partition coefficient (Wildman–Crippen LogP) is 2.77. The van der Waals surface area contributed by atoms with Crippen molar-refractivity contribution in [2.75, 3.05) is 5.32 Å². The lowest BCUT2D eigenvalue weighted by Gasteiger charge is -2.11. The Balaban J connectivity index is 2.15. The number of nitro groups is 1. The summed E-state index contributed by atoms with van der Waals surface area (Å²) in [5.41, 5.74) is 0.371. The molecule has 0 amide bonds. The van der Waals surface area contributed by atoms with E-state index in [4.69, 9.17) is 4.42 Å². The Kier molecular flexibility index (Phi) is 3.46. The molecule has 0 aliphatic carbocycles. The second kappa shape index (κ2) is 5.05. The van der Waals surface area contributed by atoms with Crippen molar-refractivity contribution < 1.29 is 9.34 Å². The van der Waals surface area contributed by atoms with E-state index in [1.54, 1.807) is 19.2 Å². The SMILES string of the molecule is Cc1cnc(C(C)Nc2ccc([N+](=O)[O-])c(C)n2)o1. The third-order valence-corrected chi connectivity index (χ3v) is 2.63. The fraction of sp³-hybridized carbons (Fsp3) is 0.333. The summed E-state index contributed by atoms with van der Waals surface area (Å²) in [5.74, 6) is 1.83. The lowest BCUT2D eigenvalue weighted by atomic mass is 10.3. The number of nitrogens with zero attached hydrogens (tertiary/aromatic N) is 3. The van der Waals surface area contributed by atoms with E-state index in [1.165, 1.54) is 6.07 Å². The molecule has 0 spiro atoms. The molecule has 2 heterocycles. The highest BCUT2D eigenvalue weighted by Gasteiger charge is 2.15. The fourth-order valence-corrected chi connectivity index (χ4v) is 1.68. The van der Waals surface area contributed by atoms with Crippen LogP contribution in [0.3, 0.4) is 0 Å². The quantitative estimate of drug-likeness (QED) is 0.672. The van der Waals surface area contributed by atoms with Crippen LogP contribution in [0.1, 0.15) is 30.3 Å². The number of rotatable bonds is 4. The largest absolute Gasteiger partial charge is 0.444 e. The van der Waals surface area contributed by atoms with Gasteiger partial charge in [-0.15, -0.1) is 0 Å². The smallest absolute Gasteiger partial charge is 0.290 e. The maximum Gasteiger partial charge on any atom is 0.290 e. The Bertz CT molecular complexity index is 609. The number of hydrogen-bond donors (Lipinski definition) is 1. The first-order valence-corrected chi connectivity index (χ1v) is 5.78. The molecule has 2 aromatic heterocycles. The normalized spacial score (nSPS) is 12.2. The van der Waals surface area contributed by atoms with Gasteiger partial charge < -0.3 is 9.73 Å². The molecular formula is C12H14N4O3. The summed E-state index contributed by atoms with van der Waals surface area (Å²) < 4.78 is 5.40. The first-order valence-electron chi connectivity index (χ1n) is 5.78. The minimum atomic E-state index is -0.451. The van der Waals surface area contributed by atoms with Crippen LogP contribution in [-0.4, -0.2) is 14.9 Å². The van der Waals surface area contributed by atoms with Crippen LogP contribution >= 0.6 is 0 Å². The Morgan fingerprint density at radius 2 is 2.16 bits per heavy atom. The van der Waals surface area contributed by atoms with Gasteiger partial charge in [0.05, 0.1) is 11.1 Å². The van der Waals surface area contributed by atoms with Gasteiger partial charge in [0.2, 0.25) is 5.89 Å². The lowest BCUT2D eigenvalue weighted by Crippen LogP contribution is -2.09. The van der Waals surface area contributed by atoms with Gasteiger partial charge in [-0.05, 0) is 26.8 Å². The summed E-state index contributed by atoms with van der Waals surface area (Å²) in [7, 11) is 0. The molecule has 0 aliphatic heterocycles. The number of pyridine rings is 1. The Hall–Kier alpha value is -2.44. The van der Waals surface area contributed by atoms with E-state index in [-0.39, 0.29) is 11.7 Å². The molecule has 7 heteroatoms. The van der Waals surface area contributed by atoms with Gasteiger partial charge in [0, 0.05) is 6.07 Å². The van der Waals surface area contributed by atoms with Gasteiger partial charge >= 0.3 is 0 Å². The number of nitrogens with one attached hydrogen (secondary N) is 1. The Labute approximate surface area is 109 Å². The molecule has 0 aromatic carbocycles. The van der Waals surface area contributed by atoms with Gasteiger partial charge in [0.25, 0.3) is 5.69 Å². The first-order chi connectivity index (χ1) is 8.97. The zero-order chi connectivity index (χ0) is 14.0. The van der Waals surface area contributed by atoms with Gasteiger partial charge in [0.1, 0.15) is 23.3 Å². The number of hydrogen-bond acceptors (Lipinski definition) is 6. The van der Waals surface area contributed by atoms with Crippen molar-refractivity contribution in [2.24, 2.45) is 0 Å². The molecule has 0 aliphatic rings. The molecule has 1 N–H and O–H groups in total. The predicted molar refractivity (Wildman–Crippen MR) is 68.9 cm³/mol. The van der Waals surface area contributed by atoms with Gasteiger partial charge in [-0.2, -0.15) is 0 Å². The van der Waals surface area contributed by atoms with Crippen molar-refractivity contribution in [3.63, 3.8) is 0 Å². The summed E-state index contributed by atoms with van der Waals surface area (Å²) in [5, 5.41) is 13.8. The fourth-order valence-electron chi connectivity index (χ4n) is 1.68. The Morgan fingerprint density at radius 1 is 1.42 bits per heavy atom. The van der Waals surface area contributed by atoms with Crippen molar-refractivity contribution in [1.82, 2.24) is 9.97 Å². The Morgan fingerprint density at radius 3 is 2.68 bits per heavy atom. The van der Waals surface area contributed by atoms with Crippen molar-refractivity contribution in [2.45, 2.75) is 26.8 Å². The molecule has 19 heavy (non-hydrogen) atoms. The third kappa shape index (κ3) is 2.87. The monoisotopic (exact) mass is 262 g/mol. The summed E-state index contributed by atoms with van der Waals surface area (Å²) in [6.45, 7) is 5.30. The number of aryl methyl sites for hydroxylation is 2. The molecular weight excluding hydrogens is 248 g/mol. The highest BCUT2D eigenvalue weighted by atomic mass is 16.6. The second-order valence-corrected chi connectivity index (χ2v) is 4.23.